The van der Waals surface area contributed by atoms with E-state index in [-0.39, 0.29) is 11.8 Å². The van der Waals surface area contributed by atoms with Crippen LogP contribution in [0.25, 0.3) is 0 Å². The van der Waals surface area contributed by atoms with Crippen LogP contribution in [0.5, 0.6) is 0 Å². The number of amides is 2. The van der Waals surface area contributed by atoms with Crippen LogP contribution in [0.1, 0.15) is 34.3 Å². The van der Waals surface area contributed by atoms with Crippen molar-refractivity contribution >= 4 is 17.5 Å². The van der Waals surface area contributed by atoms with Gasteiger partial charge in [0.15, 0.2) is 0 Å². The molecule has 0 radical (unpaired) electrons. The van der Waals surface area contributed by atoms with E-state index < -0.39 is 5.41 Å². The summed E-state index contributed by atoms with van der Waals surface area (Å²) in [5.74, 6) is 0.0841. The van der Waals surface area contributed by atoms with E-state index in [1.54, 1.807) is 6.20 Å². The second kappa shape index (κ2) is 6.88. The molecule has 1 saturated heterocycles. The van der Waals surface area contributed by atoms with Gasteiger partial charge in [-0.2, -0.15) is 5.10 Å². The number of hydrogen-bond donors (Lipinski definition) is 1. The summed E-state index contributed by atoms with van der Waals surface area (Å²) in [6.07, 6.45) is 4.95. The van der Waals surface area contributed by atoms with E-state index >= 15 is 0 Å². The predicted octanol–water partition coefficient (Wildman–Crippen LogP) is 3.06. The third kappa shape index (κ3) is 3.01. The molecule has 1 aromatic heterocycles. The Kier molecular flexibility index (Phi) is 4.19. The molecule has 2 aliphatic heterocycles. The highest BCUT2D eigenvalue weighted by Crippen LogP contribution is 2.44. The molecular formula is C23H22N4O2. The Morgan fingerprint density at radius 2 is 1.90 bits per heavy atom. The highest BCUT2D eigenvalue weighted by molar-refractivity contribution is 6.06. The van der Waals surface area contributed by atoms with Gasteiger partial charge in [0, 0.05) is 36.7 Å². The quantitative estimate of drug-likeness (QED) is 0.752. The number of rotatable bonds is 3. The van der Waals surface area contributed by atoms with Gasteiger partial charge in [0.1, 0.15) is 0 Å². The van der Waals surface area contributed by atoms with E-state index in [9.17, 15) is 9.59 Å². The Hall–Kier alpha value is -3.41. The van der Waals surface area contributed by atoms with Gasteiger partial charge in [0.05, 0.1) is 12.0 Å². The fourth-order valence-corrected chi connectivity index (χ4v) is 4.53. The van der Waals surface area contributed by atoms with Crippen molar-refractivity contribution in [3.8, 4) is 0 Å². The maximum atomic E-state index is 13.1. The van der Waals surface area contributed by atoms with Crippen molar-refractivity contribution in [3.05, 3.63) is 83.7 Å². The molecule has 5 rings (SSSR count). The normalized spacial score (nSPS) is 17.2. The molecule has 0 atom stereocenters. The molecule has 1 N–H and O–H groups in total. The molecule has 0 bridgehead atoms. The molecule has 1 spiro atoms. The lowest BCUT2D eigenvalue weighted by atomic mass is 9.73. The van der Waals surface area contributed by atoms with Crippen LogP contribution in [0.2, 0.25) is 0 Å². The van der Waals surface area contributed by atoms with E-state index in [1.807, 2.05) is 70.4 Å². The molecular weight excluding hydrogens is 364 g/mol. The SMILES string of the molecule is O=C(c1cccc(Cn2cccn2)c1)N1CCC2(CC1)C(=O)Nc1ccccc12. The van der Waals surface area contributed by atoms with Crippen LogP contribution in [0.3, 0.4) is 0 Å². The van der Waals surface area contributed by atoms with Crippen molar-refractivity contribution in [1.82, 2.24) is 14.7 Å². The molecule has 6 nitrogen and oxygen atoms in total. The Morgan fingerprint density at radius 1 is 1.07 bits per heavy atom. The number of nitrogens with one attached hydrogen (secondary N) is 1. The lowest BCUT2D eigenvalue weighted by molar-refractivity contribution is -0.122. The minimum Gasteiger partial charge on any atom is -0.339 e. The first-order valence-electron chi connectivity index (χ1n) is 9.92. The molecule has 29 heavy (non-hydrogen) atoms. The fraction of sp³-hybridized carbons (Fsp3) is 0.261. The summed E-state index contributed by atoms with van der Waals surface area (Å²) < 4.78 is 1.84. The summed E-state index contributed by atoms with van der Waals surface area (Å²) in [5.41, 5.74) is 3.19. The Labute approximate surface area is 169 Å². The van der Waals surface area contributed by atoms with Crippen molar-refractivity contribution in [3.63, 3.8) is 0 Å². The first-order valence-corrected chi connectivity index (χ1v) is 9.92. The standard InChI is InChI=1S/C23H22N4O2/c28-21(18-6-3-5-17(15-18)16-27-12-4-11-24-27)26-13-9-23(10-14-26)19-7-1-2-8-20(19)25-22(23)29/h1-8,11-12,15H,9-10,13-14,16H2,(H,25,29). The van der Waals surface area contributed by atoms with Crippen molar-refractivity contribution in [2.24, 2.45) is 0 Å². The predicted molar refractivity (Wildman–Crippen MR) is 110 cm³/mol. The molecule has 0 unspecified atom stereocenters. The number of piperidine rings is 1. The zero-order valence-corrected chi connectivity index (χ0v) is 16.0. The number of hydrogen-bond acceptors (Lipinski definition) is 3. The highest BCUT2D eigenvalue weighted by atomic mass is 16.2. The molecule has 2 aliphatic rings. The zero-order valence-electron chi connectivity index (χ0n) is 16.0. The average Bonchev–Trinajstić information content (AvgIpc) is 3.35. The van der Waals surface area contributed by atoms with Crippen molar-refractivity contribution in [1.29, 1.82) is 0 Å². The summed E-state index contributed by atoms with van der Waals surface area (Å²) in [6, 6.07) is 17.5. The lowest BCUT2D eigenvalue weighted by Crippen LogP contribution is -2.48. The van der Waals surface area contributed by atoms with E-state index in [4.69, 9.17) is 0 Å². The van der Waals surface area contributed by atoms with Crippen LogP contribution >= 0.6 is 0 Å². The van der Waals surface area contributed by atoms with Crippen LogP contribution in [0, 0.1) is 0 Å². The molecule has 3 heterocycles. The number of nitrogens with zero attached hydrogens (tertiary/aromatic N) is 3. The summed E-state index contributed by atoms with van der Waals surface area (Å²) in [5, 5.41) is 7.24. The van der Waals surface area contributed by atoms with E-state index in [0.29, 0.717) is 38.0 Å². The molecule has 2 aromatic carbocycles. The Balaban J connectivity index is 1.32. The van der Waals surface area contributed by atoms with E-state index in [2.05, 4.69) is 10.4 Å². The number of para-hydroxylation sites is 1. The minimum atomic E-state index is -0.505. The van der Waals surface area contributed by atoms with Gasteiger partial charge >= 0.3 is 0 Å². The third-order valence-corrected chi connectivity index (χ3v) is 6.11. The van der Waals surface area contributed by atoms with Gasteiger partial charge < -0.3 is 10.2 Å². The Morgan fingerprint density at radius 3 is 2.69 bits per heavy atom. The second-order valence-electron chi connectivity index (χ2n) is 7.78. The number of aromatic nitrogens is 2. The van der Waals surface area contributed by atoms with Gasteiger partial charge in [-0.3, -0.25) is 14.3 Å². The summed E-state index contributed by atoms with van der Waals surface area (Å²) in [4.78, 5) is 27.7. The zero-order chi connectivity index (χ0) is 19.8. The van der Waals surface area contributed by atoms with E-state index in [0.717, 1.165) is 16.8 Å². The molecule has 0 aliphatic carbocycles. The van der Waals surface area contributed by atoms with Crippen LogP contribution in [0.4, 0.5) is 5.69 Å². The largest absolute Gasteiger partial charge is 0.339 e. The first kappa shape index (κ1) is 17.7. The van der Waals surface area contributed by atoms with E-state index in [1.165, 1.54) is 0 Å². The molecule has 0 saturated carbocycles. The number of carbonyl (C=O) groups excluding carboxylic acids is 2. The number of carbonyl (C=O) groups is 2. The van der Waals surface area contributed by atoms with Crippen molar-refractivity contribution < 1.29 is 9.59 Å². The number of anilines is 1. The van der Waals surface area contributed by atoms with Gasteiger partial charge in [-0.1, -0.05) is 30.3 Å². The van der Waals surface area contributed by atoms with Gasteiger partial charge in [-0.25, -0.2) is 0 Å². The smallest absolute Gasteiger partial charge is 0.253 e. The maximum absolute atomic E-state index is 13.1. The third-order valence-electron chi connectivity index (χ3n) is 6.11. The van der Waals surface area contributed by atoms with Crippen LogP contribution in [-0.2, 0) is 16.8 Å². The van der Waals surface area contributed by atoms with Crippen molar-refractivity contribution in [2.75, 3.05) is 18.4 Å². The number of likely N-dealkylation sites (tertiary alicyclic amines) is 1. The van der Waals surface area contributed by atoms with Crippen LogP contribution in [-0.4, -0.2) is 39.6 Å². The summed E-state index contributed by atoms with van der Waals surface area (Å²) in [7, 11) is 0. The van der Waals surface area contributed by atoms with Crippen LogP contribution in [0.15, 0.2) is 67.0 Å². The number of fused-ring (bicyclic) bond motifs is 2. The first-order chi connectivity index (χ1) is 14.2. The molecule has 146 valence electrons. The molecule has 1 fully saturated rings. The summed E-state index contributed by atoms with van der Waals surface area (Å²) in [6.45, 7) is 1.78. The highest BCUT2D eigenvalue weighted by Gasteiger charge is 2.48. The summed E-state index contributed by atoms with van der Waals surface area (Å²) >= 11 is 0. The van der Waals surface area contributed by atoms with Gasteiger partial charge in [-0.15, -0.1) is 0 Å². The fourth-order valence-electron chi connectivity index (χ4n) is 4.53. The maximum Gasteiger partial charge on any atom is 0.253 e. The van der Waals surface area contributed by atoms with Crippen molar-refractivity contribution in [2.45, 2.75) is 24.8 Å². The lowest BCUT2D eigenvalue weighted by Gasteiger charge is -2.38. The molecule has 6 heteroatoms. The van der Waals surface area contributed by atoms with Crippen LogP contribution < -0.4 is 5.32 Å². The molecule has 2 amide bonds. The molecule has 3 aromatic rings. The average molecular weight is 386 g/mol. The van der Waals surface area contributed by atoms with Gasteiger partial charge in [-0.05, 0) is 48.2 Å². The number of benzene rings is 2. The monoisotopic (exact) mass is 386 g/mol. The van der Waals surface area contributed by atoms with Gasteiger partial charge in [0.25, 0.3) is 5.91 Å². The van der Waals surface area contributed by atoms with Gasteiger partial charge in [0.2, 0.25) is 5.91 Å². The topological polar surface area (TPSA) is 67.2 Å². The Bertz CT molecular complexity index is 1070. The minimum absolute atomic E-state index is 0.0221. The second-order valence-corrected chi connectivity index (χ2v) is 7.78.